The molecule has 0 heterocycles. The van der Waals surface area contributed by atoms with E-state index in [1.165, 1.54) is 12.8 Å². The summed E-state index contributed by atoms with van der Waals surface area (Å²) in [5.41, 5.74) is 3.22. The number of carbonyl (C=O) groups is 1. The molecule has 2 aliphatic rings. The van der Waals surface area contributed by atoms with Gasteiger partial charge in [0.15, 0.2) is 6.29 Å². The van der Waals surface area contributed by atoms with Gasteiger partial charge < -0.3 is 20.3 Å². The summed E-state index contributed by atoms with van der Waals surface area (Å²) in [7, 11) is 1.64. The van der Waals surface area contributed by atoms with Crippen molar-refractivity contribution >= 4 is 5.91 Å². The summed E-state index contributed by atoms with van der Waals surface area (Å²) in [4.78, 5) is 12.9. The standard InChI is InChI=1S/C24H33NO4/c1-4-20-12-18(8-7-17-5-6-17)11-16(2)21(20)13-22(26)25-24(23(27)28)10-9-19(14-24)15-29-3/h11-12,17,19,23,27-28H,4-6,9-10,13-15H2,1-3H3,(H,25,26). The Morgan fingerprint density at radius 1 is 1.34 bits per heavy atom. The molecule has 0 bridgehead atoms. The van der Waals surface area contributed by atoms with Crippen LogP contribution in [0.1, 0.15) is 61.3 Å². The Balaban J connectivity index is 1.73. The maximum absolute atomic E-state index is 12.9. The maximum atomic E-state index is 12.9. The van der Waals surface area contributed by atoms with E-state index >= 15 is 0 Å². The van der Waals surface area contributed by atoms with E-state index < -0.39 is 11.8 Å². The molecule has 0 spiro atoms. The molecule has 3 N–H and O–H groups in total. The highest BCUT2D eigenvalue weighted by atomic mass is 16.5. The van der Waals surface area contributed by atoms with Gasteiger partial charge in [-0.3, -0.25) is 4.79 Å². The van der Waals surface area contributed by atoms with E-state index in [9.17, 15) is 15.0 Å². The van der Waals surface area contributed by atoms with Gasteiger partial charge in [-0.05, 0) is 80.2 Å². The summed E-state index contributed by atoms with van der Waals surface area (Å²) in [5, 5.41) is 22.9. The summed E-state index contributed by atoms with van der Waals surface area (Å²) in [6.07, 6.45) is 3.74. The molecule has 0 saturated heterocycles. The Morgan fingerprint density at radius 2 is 2.10 bits per heavy atom. The number of rotatable bonds is 7. The van der Waals surface area contributed by atoms with Gasteiger partial charge in [0, 0.05) is 25.2 Å². The van der Waals surface area contributed by atoms with Crippen LogP contribution < -0.4 is 5.32 Å². The average molecular weight is 400 g/mol. The second kappa shape index (κ2) is 9.30. The van der Waals surface area contributed by atoms with Gasteiger partial charge in [0.1, 0.15) is 0 Å². The van der Waals surface area contributed by atoms with Crippen LogP contribution in [-0.2, 0) is 22.4 Å². The summed E-state index contributed by atoms with van der Waals surface area (Å²) in [6, 6.07) is 4.14. The molecule has 3 rings (SSSR count). The van der Waals surface area contributed by atoms with Gasteiger partial charge in [-0.25, -0.2) is 0 Å². The predicted molar refractivity (Wildman–Crippen MR) is 112 cm³/mol. The summed E-state index contributed by atoms with van der Waals surface area (Å²) in [5.74, 6) is 7.17. The molecular formula is C24H33NO4. The van der Waals surface area contributed by atoms with Crippen molar-refractivity contribution in [3.63, 3.8) is 0 Å². The number of aliphatic hydroxyl groups excluding tert-OH is 1. The first-order chi connectivity index (χ1) is 13.9. The quantitative estimate of drug-likeness (QED) is 0.486. The van der Waals surface area contributed by atoms with Crippen molar-refractivity contribution in [1.29, 1.82) is 0 Å². The van der Waals surface area contributed by atoms with E-state index in [1.54, 1.807) is 7.11 Å². The van der Waals surface area contributed by atoms with Gasteiger partial charge in [-0.2, -0.15) is 0 Å². The normalized spacial score (nSPS) is 23.7. The molecule has 0 aromatic heterocycles. The second-order valence-corrected chi connectivity index (χ2v) is 8.65. The molecule has 158 valence electrons. The lowest BCUT2D eigenvalue weighted by molar-refractivity contribution is -0.137. The van der Waals surface area contributed by atoms with Crippen LogP contribution in [0.3, 0.4) is 0 Å². The molecule has 2 aliphatic carbocycles. The number of ether oxygens (including phenoxy) is 1. The largest absolute Gasteiger partial charge is 0.384 e. The Hall–Kier alpha value is -1.87. The fourth-order valence-corrected chi connectivity index (χ4v) is 4.40. The van der Waals surface area contributed by atoms with Crippen LogP contribution in [0.15, 0.2) is 12.1 Å². The molecule has 2 unspecified atom stereocenters. The van der Waals surface area contributed by atoms with E-state index in [-0.39, 0.29) is 18.2 Å². The third-order valence-corrected chi connectivity index (χ3v) is 6.22. The molecule has 5 nitrogen and oxygen atoms in total. The van der Waals surface area contributed by atoms with Crippen LogP contribution in [0, 0.1) is 30.6 Å². The number of benzene rings is 1. The minimum Gasteiger partial charge on any atom is -0.384 e. The number of hydrogen-bond donors (Lipinski definition) is 3. The van der Waals surface area contributed by atoms with Crippen molar-refractivity contribution < 1.29 is 19.7 Å². The molecule has 1 aromatic carbocycles. The molecular weight excluding hydrogens is 366 g/mol. The molecule has 1 aromatic rings. The number of methoxy groups -OCH3 is 1. The summed E-state index contributed by atoms with van der Waals surface area (Å²) < 4.78 is 5.21. The molecule has 2 atom stereocenters. The molecule has 5 heteroatoms. The van der Waals surface area contributed by atoms with E-state index in [4.69, 9.17) is 4.74 Å². The van der Waals surface area contributed by atoms with Crippen molar-refractivity contribution in [1.82, 2.24) is 5.32 Å². The second-order valence-electron chi connectivity index (χ2n) is 8.65. The zero-order valence-electron chi connectivity index (χ0n) is 17.8. The van der Waals surface area contributed by atoms with Gasteiger partial charge in [-0.1, -0.05) is 18.8 Å². The Kier molecular flexibility index (Phi) is 7.00. The Bertz CT molecular complexity index is 803. The average Bonchev–Trinajstić information content (AvgIpc) is 3.42. The highest BCUT2D eigenvalue weighted by Gasteiger charge is 2.45. The number of amides is 1. The zero-order chi connectivity index (χ0) is 21.0. The van der Waals surface area contributed by atoms with Gasteiger partial charge in [-0.15, -0.1) is 0 Å². The lowest BCUT2D eigenvalue weighted by atomic mass is 9.92. The van der Waals surface area contributed by atoms with Crippen molar-refractivity contribution in [2.75, 3.05) is 13.7 Å². The lowest BCUT2D eigenvalue weighted by Gasteiger charge is -2.33. The summed E-state index contributed by atoms with van der Waals surface area (Å²) in [6.45, 7) is 4.66. The first-order valence-electron chi connectivity index (χ1n) is 10.7. The minimum atomic E-state index is -1.58. The lowest BCUT2D eigenvalue weighted by Crippen LogP contribution is -2.55. The van der Waals surface area contributed by atoms with E-state index in [0.717, 1.165) is 35.1 Å². The third kappa shape index (κ3) is 5.39. The van der Waals surface area contributed by atoms with Gasteiger partial charge >= 0.3 is 0 Å². The number of aliphatic hydroxyl groups is 2. The van der Waals surface area contributed by atoms with Crippen molar-refractivity contribution in [2.45, 2.75) is 70.6 Å². The number of carbonyl (C=O) groups excluding carboxylic acids is 1. The number of nitrogens with one attached hydrogen (secondary N) is 1. The van der Waals surface area contributed by atoms with Crippen LogP contribution in [0.4, 0.5) is 0 Å². The van der Waals surface area contributed by atoms with Crippen LogP contribution in [0.5, 0.6) is 0 Å². The minimum absolute atomic E-state index is 0.175. The van der Waals surface area contributed by atoms with E-state index in [1.807, 2.05) is 6.92 Å². The van der Waals surface area contributed by atoms with Crippen molar-refractivity contribution in [3.05, 3.63) is 34.4 Å². The monoisotopic (exact) mass is 399 g/mol. The Labute approximate surface area is 173 Å². The fraction of sp³-hybridized carbons (Fsp3) is 0.625. The maximum Gasteiger partial charge on any atom is 0.225 e. The van der Waals surface area contributed by atoms with Crippen LogP contribution >= 0.6 is 0 Å². The molecule has 2 fully saturated rings. The zero-order valence-corrected chi connectivity index (χ0v) is 17.8. The van der Waals surface area contributed by atoms with Gasteiger partial charge in [0.25, 0.3) is 0 Å². The summed E-state index contributed by atoms with van der Waals surface area (Å²) >= 11 is 0. The van der Waals surface area contributed by atoms with Crippen LogP contribution in [0.2, 0.25) is 0 Å². The molecule has 0 aliphatic heterocycles. The van der Waals surface area contributed by atoms with Crippen LogP contribution in [0.25, 0.3) is 0 Å². The fourth-order valence-electron chi connectivity index (χ4n) is 4.40. The van der Waals surface area contributed by atoms with Crippen molar-refractivity contribution in [3.8, 4) is 11.8 Å². The highest BCUT2D eigenvalue weighted by molar-refractivity contribution is 5.80. The molecule has 2 saturated carbocycles. The SMILES string of the molecule is CCc1cc(C#CC2CC2)cc(C)c1CC(=O)NC1(C(O)O)CCC(COC)C1. The third-order valence-electron chi connectivity index (χ3n) is 6.22. The smallest absolute Gasteiger partial charge is 0.225 e. The van der Waals surface area contributed by atoms with Crippen LogP contribution in [-0.4, -0.2) is 41.7 Å². The van der Waals surface area contributed by atoms with Gasteiger partial charge in [0.05, 0.1) is 12.0 Å². The predicted octanol–water partition coefficient (Wildman–Crippen LogP) is 2.47. The van der Waals surface area contributed by atoms with Crippen molar-refractivity contribution in [2.24, 2.45) is 11.8 Å². The molecule has 1 amide bonds. The highest BCUT2D eigenvalue weighted by Crippen LogP contribution is 2.37. The van der Waals surface area contributed by atoms with E-state index in [0.29, 0.717) is 25.4 Å². The number of aryl methyl sites for hydroxylation is 2. The molecule has 0 radical (unpaired) electrons. The first kappa shape index (κ1) is 21.8. The number of hydrogen-bond acceptors (Lipinski definition) is 4. The Morgan fingerprint density at radius 3 is 2.72 bits per heavy atom. The van der Waals surface area contributed by atoms with Gasteiger partial charge in [0.2, 0.25) is 5.91 Å². The van der Waals surface area contributed by atoms with E-state index in [2.05, 4.69) is 36.2 Å². The topological polar surface area (TPSA) is 78.8 Å². The first-order valence-corrected chi connectivity index (χ1v) is 10.7. The molecule has 29 heavy (non-hydrogen) atoms.